The largest absolute Gasteiger partial charge is 0.508 e. The number of imidazole rings is 1. The molecule has 15 atom stereocenters. The van der Waals surface area contributed by atoms with E-state index in [4.69, 9.17) is 17.2 Å². The first-order valence-electron chi connectivity index (χ1n) is 43.8. The van der Waals surface area contributed by atoms with E-state index in [1.807, 2.05) is 38.1 Å². The normalized spacial score (nSPS) is 24.6. The van der Waals surface area contributed by atoms with Crippen molar-refractivity contribution in [1.29, 1.82) is 0 Å². The lowest BCUT2D eigenvalue weighted by molar-refractivity contribution is -0.146. The standard InChI is InChI=1S/C87H114N24O21S/c1-5-7-21-66-82(127)102-63(37-88)80(125)104-65(76(121)93-40-71(90)116)43-133-44-72(117)96-59(31-47-24-26-52(113)27-25-47)77(122)95-46(3)75(120)101-62(36-73(118)119)86(131)109-30-14-23-67(109)83(128)100-61(34-51-39-91-45-94-51)79(124)97-57(28-29-70(89)115)85(130)110-41-53(114)35-69(110)84(129)99-60(33-50-38-92-56-20-12-11-19-55(50)56)78(123)103-64(42-112)81(126)98-58(32-49-17-13-16-48-15-9-10-18-54(48)49)74-105-106-107-111(74)68(22-8-6-2)87(132)108(66)4/h9-13,15-20,24-27,38-39,45-46,53,57-69,92,112-114H,5-8,14,21-23,28-37,40-44,88H2,1-4H3,(H2,89,115)(H2,90,116)(H,91,94)(H,93,121)(H,95,122)(H,96,117)(H,97,124)(H,98,126)(H,99,129)(H,100,128)(H,101,120)(H,102,127)(H,103,123)(H,104,125)(H,118,119)/t46-,53-,57+,58+,59+,60+,61+,62+,63+,64+,65+,66+,67+,68+,69+/m1/s1. The Morgan fingerprint density at radius 2 is 1.19 bits per heavy atom. The molecule has 0 spiro atoms. The van der Waals surface area contributed by atoms with Gasteiger partial charge in [-0.1, -0.05) is 112 Å². The molecule has 0 radical (unpaired) electrons. The van der Waals surface area contributed by atoms with E-state index < -0.39 is 261 Å². The van der Waals surface area contributed by atoms with Crippen molar-refractivity contribution in [2.75, 3.05) is 51.3 Å². The number of carboxylic acid groups (broad SMARTS) is 1. The summed E-state index contributed by atoms with van der Waals surface area (Å²) in [5.74, 6) is -18.9. The number of aromatic nitrogens is 7. The maximum atomic E-state index is 15.7. The molecule has 6 heterocycles. The number of aliphatic hydroxyl groups excluding tert-OH is 2. The number of aliphatic hydroxyl groups is 2. The zero-order chi connectivity index (χ0) is 96.3. The van der Waals surface area contributed by atoms with E-state index in [9.17, 15) is 73.2 Å². The van der Waals surface area contributed by atoms with E-state index in [1.165, 1.54) is 55.4 Å². The van der Waals surface area contributed by atoms with Crippen LogP contribution in [0.25, 0.3) is 21.7 Å². The van der Waals surface area contributed by atoms with Crippen molar-refractivity contribution < 1.29 is 102 Å². The van der Waals surface area contributed by atoms with Crippen LogP contribution in [0.5, 0.6) is 5.75 Å². The summed E-state index contributed by atoms with van der Waals surface area (Å²) in [5.41, 5.74) is 19.5. The lowest BCUT2D eigenvalue weighted by Crippen LogP contribution is -2.60. The molecule has 2 fully saturated rings. The first-order valence-corrected chi connectivity index (χ1v) is 44.9. The van der Waals surface area contributed by atoms with Gasteiger partial charge in [0.25, 0.3) is 0 Å². The van der Waals surface area contributed by atoms with E-state index in [-0.39, 0.29) is 68.8 Å². The molecule has 10 rings (SSSR count). The second kappa shape index (κ2) is 48.2. The van der Waals surface area contributed by atoms with E-state index in [1.54, 1.807) is 48.7 Å². The van der Waals surface area contributed by atoms with Crippen LogP contribution in [0.15, 0.2) is 110 Å². The number of H-pyrrole nitrogens is 2. The fourth-order valence-electron chi connectivity index (χ4n) is 16.1. The molecule has 3 aliphatic rings. The van der Waals surface area contributed by atoms with E-state index in [0.29, 0.717) is 53.3 Å². The lowest BCUT2D eigenvalue weighted by Gasteiger charge is -2.32. The van der Waals surface area contributed by atoms with Gasteiger partial charge in [-0.2, -0.15) is 0 Å². The molecule has 0 aliphatic carbocycles. The molecule has 46 heteroatoms. The van der Waals surface area contributed by atoms with Crippen molar-refractivity contribution in [2.24, 2.45) is 17.2 Å². The number of aromatic amines is 2. The molecule has 4 aromatic carbocycles. The summed E-state index contributed by atoms with van der Waals surface area (Å²) >= 11 is 0.738. The fraction of sp³-hybridized carbons (Fsp3) is 0.483. The van der Waals surface area contributed by atoms with Crippen molar-refractivity contribution in [3.63, 3.8) is 0 Å². The third-order valence-corrected chi connectivity index (χ3v) is 24.2. The number of para-hydroxylation sites is 1. The van der Waals surface area contributed by atoms with E-state index in [0.717, 1.165) is 37.2 Å². The molecule has 0 bridgehead atoms. The number of likely N-dealkylation sites (N-methyl/N-ethyl adjacent to an activating group) is 1. The number of carbonyl (C=O) groups is 17. The number of aliphatic carboxylic acids is 1. The zero-order valence-corrected chi connectivity index (χ0v) is 74.6. The Hall–Kier alpha value is -14.0. The molecule has 133 heavy (non-hydrogen) atoms. The van der Waals surface area contributed by atoms with Crippen LogP contribution in [0.4, 0.5) is 0 Å². The Balaban J connectivity index is 1.02. The second-order valence-corrected chi connectivity index (χ2v) is 34.0. The number of nitrogens with zero attached hydrogens (tertiary/aromatic N) is 8. The highest BCUT2D eigenvalue weighted by Gasteiger charge is 2.46. The van der Waals surface area contributed by atoms with E-state index in [2.05, 4.69) is 89.0 Å². The number of phenolic OH excluding ortho intramolecular Hbond substituents is 1. The molecule has 7 aromatic rings. The number of carboxylic acids is 1. The van der Waals surface area contributed by atoms with Crippen molar-refractivity contribution in [2.45, 2.75) is 214 Å². The highest BCUT2D eigenvalue weighted by Crippen LogP contribution is 2.31. The molecule has 3 aliphatic heterocycles. The van der Waals surface area contributed by atoms with Gasteiger partial charge in [0, 0.05) is 100.0 Å². The number of nitrogens with two attached hydrogens (primary N) is 3. The van der Waals surface area contributed by atoms with Crippen LogP contribution in [0.2, 0.25) is 0 Å². The summed E-state index contributed by atoms with van der Waals surface area (Å²) in [7, 11) is 1.36. The first-order chi connectivity index (χ1) is 63.7. The summed E-state index contributed by atoms with van der Waals surface area (Å²) < 4.78 is 1.20. The van der Waals surface area contributed by atoms with Crippen LogP contribution in [0.3, 0.4) is 0 Å². The number of fused-ring (bicyclic) bond motifs is 5. The van der Waals surface area contributed by atoms with Gasteiger partial charge in [0.2, 0.25) is 94.5 Å². The van der Waals surface area contributed by atoms with Crippen LogP contribution in [0.1, 0.15) is 138 Å². The third kappa shape index (κ3) is 27.6. The number of rotatable bonds is 24. The number of hydrogen-bond donors (Lipinski definition) is 20. The predicted octanol–water partition coefficient (Wildman–Crippen LogP) is -4.01. The van der Waals surface area contributed by atoms with Gasteiger partial charge in [0.1, 0.15) is 84.3 Å². The van der Waals surface area contributed by atoms with Gasteiger partial charge in [0.05, 0.1) is 43.8 Å². The van der Waals surface area contributed by atoms with Crippen LogP contribution in [0, 0.1) is 0 Å². The lowest BCUT2D eigenvalue weighted by atomic mass is 9.97. The number of phenols is 1. The van der Waals surface area contributed by atoms with Crippen molar-refractivity contribution in [3.05, 3.63) is 138 Å². The quantitative estimate of drug-likeness (QED) is 0.0274. The van der Waals surface area contributed by atoms with Gasteiger partial charge in [-0.3, -0.25) is 81.5 Å². The second-order valence-electron chi connectivity index (χ2n) is 33.0. The van der Waals surface area contributed by atoms with Crippen LogP contribution >= 0.6 is 11.8 Å². The molecule has 0 unspecified atom stereocenters. The Morgan fingerprint density at radius 1 is 0.586 bits per heavy atom. The number of benzene rings is 4. The third-order valence-electron chi connectivity index (χ3n) is 23.2. The molecule has 714 valence electrons. The van der Waals surface area contributed by atoms with Crippen LogP contribution in [-0.4, -0.2) is 301 Å². The van der Waals surface area contributed by atoms with Crippen molar-refractivity contribution in [1.82, 2.24) is 108 Å². The average Bonchev–Trinajstić information content (AvgIpc) is 1.73. The summed E-state index contributed by atoms with van der Waals surface area (Å²) in [5, 5.41) is 86.3. The van der Waals surface area contributed by atoms with Gasteiger partial charge >= 0.3 is 5.97 Å². The summed E-state index contributed by atoms with van der Waals surface area (Å²) in [6, 6.07) is 2.52. The van der Waals surface area contributed by atoms with Gasteiger partial charge in [0.15, 0.2) is 5.82 Å². The average molecular weight is 1860 g/mol. The highest BCUT2D eigenvalue weighted by atomic mass is 32.2. The summed E-state index contributed by atoms with van der Waals surface area (Å²) in [4.78, 5) is 258. The molecule has 3 aromatic heterocycles. The minimum Gasteiger partial charge on any atom is -0.508 e. The molecule has 23 N–H and O–H groups in total. The maximum absolute atomic E-state index is 15.7. The van der Waals surface area contributed by atoms with Crippen molar-refractivity contribution >= 4 is 134 Å². The monoisotopic (exact) mass is 1860 g/mol. The SMILES string of the molecule is CCCC[C@H]1C(=O)N[C@@H](CN)C(=O)N[C@H](C(=O)NCC(N)=O)CSCC(=O)N[C@@H](Cc2ccc(O)cc2)C(=O)N[C@H](C)C(=O)N[C@@H](CC(=O)O)C(=O)N2CCC[C@H]2C(=O)N[C@@H](Cc2cnc[nH]2)C(=O)N[C@@H](CCC(N)=O)C(=O)N2C[C@H](O)C[C@H]2C(=O)N[C@@H](Cc2c[nH]c3ccccc23)C(=O)N[C@@H](CO)C(=O)N[C@@H](Cc2cccc3ccccc23)c2nnnn2[C@@H](CCCC)C(=O)N1C. The number of thioether (sulfide) groups is 1. The predicted molar refractivity (Wildman–Crippen MR) is 477 cm³/mol. The molecular formula is C87H114N24O21S. The number of nitrogens with one attached hydrogen (secondary N) is 13. The molecule has 2 saturated heterocycles. The topological polar surface area (TPSA) is 679 Å². The molecule has 16 amide bonds. The van der Waals surface area contributed by atoms with Gasteiger partial charge in [-0.15, -0.1) is 16.9 Å². The van der Waals surface area contributed by atoms with Gasteiger partial charge in [-0.05, 0) is 95.1 Å². The molecular weight excluding hydrogens is 1750 g/mol. The number of hydrogen-bond acceptors (Lipinski definition) is 26. The van der Waals surface area contributed by atoms with Crippen LogP contribution in [-0.2, 0) is 107 Å². The first kappa shape index (κ1) is 101. The van der Waals surface area contributed by atoms with E-state index >= 15 is 28.8 Å². The maximum Gasteiger partial charge on any atom is 0.305 e. The van der Waals surface area contributed by atoms with Crippen LogP contribution < -0.4 is 75.7 Å². The summed E-state index contributed by atoms with van der Waals surface area (Å²) in [6.07, 6.45) is 0.599. The minimum absolute atomic E-state index is 0.00707. The number of unbranched alkanes of at least 4 members (excludes halogenated alkanes) is 2. The number of amides is 16. The zero-order valence-electron chi connectivity index (χ0n) is 73.8. The number of aromatic hydroxyl groups is 1. The highest BCUT2D eigenvalue weighted by molar-refractivity contribution is 8.00. The summed E-state index contributed by atoms with van der Waals surface area (Å²) in [6.45, 7) is 1.66. The Morgan fingerprint density at radius 3 is 1.86 bits per heavy atom. The number of carbonyl (C=O) groups excluding carboxylic acids is 16. The number of primary amides is 2. The van der Waals surface area contributed by atoms with Gasteiger partial charge < -0.3 is 121 Å². The molecule has 45 nitrogen and oxygen atoms in total. The Labute approximate surface area is 767 Å². The number of tetrazole rings is 1. The molecule has 0 saturated carbocycles. The minimum atomic E-state index is -1.94. The fourth-order valence-corrected chi connectivity index (χ4v) is 17.0. The van der Waals surface area contributed by atoms with Crippen molar-refractivity contribution in [3.8, 4) is 5.75 Å². The van der Waals surface area contributed by atoms with Gasteiger partial charge in [-0.25, -0.2) is 9.67 Å². The smallest absolute Gasteiger partial charge is 0.305 e. The Kier molecular flexibility index (Phi) is 36.7. The Bertz CT molecular complexity index is 5340.